The molecule has 2 aromatic rings. The number of sulfonamides is 1. The van der Waals surface area contributed by atoms with Crippen molar-refractivity contribution in [1.29, 1.82) is 0 Å². The molecular weight excluding hydrogens is 426 g/mol. The largest absolute Gasteiger partial charge is 0.374 e. The van der Waals surface area contributed by atoms with Crippen LogP contribution in [0.3, 0.4) is 0 Å². The Labute approximate surface area is 191 Å². The van der Waals surface area contributed by atoms with Crippen LogP contribution in [0.1, 0.15) is 30.5 Å². The summed E-state index contributed by atoms with van der Waals surface area (Å²) in [6, 6.07) is 15.9. The summed E-state index contributed by atoms with van der Waals surface area (Å²) in [4.78, 5) is 14.5. The average molecular weight is 460 g/mol. The molecule has 1 N–H and O–H groups in total. The number of piperazine rings is 1. The van der Waals surface area contributed by atoms with Gasteiger partial charge in [-0.3, -0.25) is 4.79 Å². The van der Waals surface area contributed by atoms with E-state index < -0.39 is 21.7 Å². The van der Waals surface area contributed by atoms with Crippen LogP contribution >= 0.6 is 0 Å². The number of rotatable bonds is 9. The maximum absolute atomic E-state index is 12.7. The SMILES string of the molecule is Cc1cccc(N2CCN(S(=O)(=O)CC(=O)NCc3cccc(COC(C)C)c3)CC2)c1. The van der Waals surface area contributed by atoms with Crippen molar-refractivity contribution < 1.29 is 17.9 Å². The molecular formula is C24H33N3O4S. The highest BCUT2D eigenvalue weighted by molar-refractivity contribution is 7.89. The van der Waals surface area contributed by atoms with Gasteiger partial charge in [0.15, 0.2) is 0 Å². The maximum Gasteiger partial charge on any atom is 0.236 e. The first-order chi connectivity index (χ1) is 15.2. The van der Waals surface area contributed by atoms with E-state index in [9.17, 15) is 13.2 Å². The number of amides is 1. The van der Waals surface area contributed by atoms with Gasteiger partial charge in [0.25, 0.3) is 0 Å². The van der Waals surface area contributed by atoms with Crippen molar-refractivity contribution >= 4 is 21.6 Å². The predicted octanol–water partition coefficient (Wildman–Crippen LogP) is 2.69. The second-order valence-corrected chi connectivity index (χ2v) is 10.4. The van der Waals surface area contributed by atoms with Gasteiger partial charge in [0.05, 0.1) is 12.7 Å². The Hall–Kier alpha value is -2.42. The highest BCUT2D eigenvalue weighted by atomic mass is 32.2. The van der Waals surface area contributed by atoms with Gasteiger partial charge in [-0.25, -0.2) is 8.42 Å². The fraction of sp³-hybridized carbons (Fsp3) is 0.458. The summed E-state index contributed by atoms with van der Waals surface area (Å²) in [5.74, 6) is -1.02. The third-order valence-electron chi connectivity index (χ3n) is 5.38. The van der Waals surface area contributed by atoms with Crippen LogP contribution < -0.4 is 10.2 Å². The summed E-state index contributed by atoms with van der Waals surface area (Å²) in [5.41, 5.74) is 4.20. The summed E-state index contributed by atoms with van der Waals surface area (Å²) in [5, 5.41) is 2.73. The Morgan fingerprint density at radius 2 is 1.72 bits per heavy atom. The zero-order valence-electron chi connectivity index (χ0n) is 19.1. The second kappa shape index (κ2) is 10.9. The van der Waals surface area contributed by atoms with Crippen molar-refractivity contribution in [2.75, 3.05) is 36.8 Å². The minimum absolute atomic E-state index is 0.141. The minimum Gasteiger partial charge on any atom is -0.374 e. The molecule has 3 rings (SSSR count). The molecule has 8 heteroatoms. The Bertz CT molecular complexity index is 1020. The van der Waals surface area contributed by atoms with Crippen molar-refractivity contribution in [2.45, 2.75) is 40.0 Å². The molecule has 1 fully saturated rings. The zero-order chi connectivity index (χ0) is 23.1. The summed E-state index contributed by atoms with van der Waals surface area (Å²) in [7, 11) is -3.65. The molecule has 0 spiro atoms. The molecule has 0 unspecified atom stereocenters. The van der Waals surface area contributed by atoms with E-state index in [-0.39, 0.29) is 12.6 Å². The smallest absolute Gasteiger partial charge is 0.236 e. The molecule has 1 amide bonds. The predicted molar refractivity (Wildman–Crippen MR) is 127 cm³/mol. The lowest BCUT2D eigenvalue weighted by Crippen LogP contribution is -2.50. The highest BCUT2D eigenvalue weighted by Crippen LogP contribution is 2.19. The van der Waals surface area contributed by atoms with Crippen LogP contribution in [0, 0.1) is 6.92 Å². The Morgan fingerprint density at radius 1 is 1.03 bits per heavy atom. The molecule has 0 bridgehead atoms. The van der Waals surface area contributed by atoms with E-state index in [1.165, 1.54) is 9.87 Å². The van der Waals surface area contributed by atoms with Gasteiger partial charge >= 0.3 is 0 Å². The van der Waals surface area contributed by atoms with Crippen molar-refractivity contribution in [2.24, 2.45) is 0 Å². The molecule has 32 heavy (non-hydrogen) atoms. The van der Waals surface area contributed by atoms with Gasteiger partial charge in [-0.1, -0.05) is 36.4 Å². The first-order valence-corrected chi connectivity index (χ1v) is 12.6. The monoisotopic (exact) mass is 459 g/mol. The Kier molecular flexibility index (Phi) is 8.28. The van der Waals surface area contributed by atoms with Crippen molar-refractivity contribution in [3.8, 4) is 0 Å². The average Bonchev–Trinajstić information content (AvgIpc) is 2.76. The molecule has 7 nitrogen and oxygen atoms in total. The van der Waals surface area contributed by atoms with E-state index in [0.717, 1.165) is 16.8 Å². The lowest BCUT2D eigenvalue weighted by molar-refractivity contribution is -0.118. The lowest BCUT2D eigenvalue weighted by Gasteiger charge is -2.35. The molecule has 1 heterocycles. The number of nitrogens with one attached hydrogen (secondary N) is 1. The first kappa shape index (κ1) is 24.2. The van der Waals surface area contributed by atoms with Crippen molar-refractivity contribution in [3.63, 3.8) is 0 Å². The van der Waals surface area contributed by atoms with E-state index >= 15 is 0 Å². The normalized spacial score (nSPS) is 15.2. The molecule has 1 saturated heterocycles. The van der Waals surface area contributed by atoms with E-state index in [2.05, 4.69) is 16.3 Å². The third kappa shape index (κ3) is 7.05. The number of ether oxygens (including phenoxy) is 1. The number of benzene rings is 2. The van der Waals surface area contributed by atoms with E-state index in [0.29, 0.717) is 32.8 Å². The van der Waals surface area contributed by atoms with E-state index in [4.69, 9.17) is 4.74 Å². The van der Waals surface area contributed by atoms with Gasteiger partial charge in [0.1, 0.15) is 5.75 Å². The van der Waals surface area contributed by atoms with Crippen molar-refractivity contribution in [1.82, 2.24) is 9.62 Å². The molecule has 1 aliphatic rings. The van der Waals surface area contributed by atoms with Gasteiger partial charge < -0.3 is 15.0 Å². The Morgan fingerprint density at radius 3 is 2.41 bits per heavy atom. The zero-order valence-corrected chi connectivity index (χ0v) is 19.9. The fourth-order valence-electron chi connectivity index (χ4n) is 3.65. The molecule has 0 saturated carbocycles. The summed E-state index contributed by atoms with van der Waals surface area (Å²) in [6.07, 6.45) is 0.141. The standard InChI is InChI=1S/C24H33N3O4S/c1-19(2)31-17-22-8-5-7-21(15-22)16-25-24(28)18-32(29,30)27-12-10-26(11-13-27)23-9-4-6-20(3)14-23/h4-9,14-15,19H,10-13,16-18H2,1-3H3,(H,25,28). The van der Waals surface area contributed by atoms with Crippen molar-refractivity contribution in [3.05, 3.63) is 65.2 Å². The second-order valence-electron chi connectivity index (χ2n) is 8.44. The number of aryl methyl sites for hydroxylation is 1. The molecule has 174 valence electrons. The minimum atomic E-state index is -3.65. The van der Waals surface area contributed by atoms with Crippen LogP contribution in [0.15, 0.2) is 48.5 Å². The number of carbonyl (C=O) groups is 1. The van der Waals surface area contributed by atoms with Crippen LogP contribution in [-0.2, 0) is 32.7 Å². The van der Waals surface area contributed by atoms with E-state index in [1.807, 2.05) is 63.2 Å². The lowest BCUT2D eigenvalue weighted by atomic mass is 10.1. The maximum atomic E-state index is 12.7. The van der Waals surface area contributed by atoms with Gasteiger partial charge in [-0.05, 0) is 49.6 Å². The third-order valence-corrected chi connectivity index (χ3v) is 7.16. The molecule has 2 aromatic carbocycles. The van der Waals surface area contributed by atoms with Crippen LogP contribution in [0.4, 0.5) is 5.69 Å². The van der Waals surface area contributed by atoms with Crippen LogP contribution in [0.5, 0.6) is 0 Å². The summed E-state index contributed by atoms with van der Waals surface area (Å²) in [6.45, 7) is 8.75. The molecule has 1 aliphatic heterocycles. The molecule has 0 radical (unpaired) electrons. The van der Waals surface area contributed by atoms with E-state index in [1.54, 1.807) is 0 Å². The quantitative estimate of drug-likeness (QED) is 0.624. The van der Waals surface area contributed by atoms with Crippen LogP contribution in [0.2, 0.25) is 0 Å². The molecule has 0 aliphatic carbocycles. The van der Waals surface area contributed by atoms with Crippen LogP contribution in [0.25, 0.3) is 0 Å². The Balaban J connectivity index is 1.48. The number of nitrogens with zero attached hydrogens (tertiary/aromatic N) is 2. The van der Waals surface area contributed by atoms with Gasteiger partial charge in [0, 0.05) is 38.4 Å². The van der Waals surface area contributed by atoms with Gasteiger partial charge in [0.2, 0.25) is 15.9 Å². The fourth-order valence-corrected chi connectivity index (χ4v) is 4.99. The number of hydrogen-bond donors (Lipinski definition) is 1. The number of anilines is 1. The number of carbonyl (C=O) groups excluding carboxylic acids is 1. The summed E-state index contributed by atoms with van der Waals surface area (Å²) < 4.78 is 32.5. The van der Waals surface area contributed by atoms with Gasteiger partial charge in [-0.15, -0.1) is 0 Å². The van der Waals surface area contributed by atoms with Crippen LogP contribution in [-0.4, -0.2) is 56.7 Å². The topological polar surface area (TPSA) is 79.0 Å². The highest BCUT2D eigenvalue weighted by Gasteiger charge is 2.29. The summed E-state index contributed by atoms with van der Waals surface area (Å²) >= 11 is 0. The number of hydrogen-bond acceptors (Lipinski definition) is 5. The first-order valence-electron chi connectivity index (χ1n) is 11.0. The molecule has 0 aromatic heterocycles. The molecule has 0 atom stereocenters. The van der Waals surface area contributed by atoms with Gasteiger partial charge in [-0.2, -0.15) is 4.31 Å².